The van der Waals surface area contributed by atoms with Gasteiger partial charge in [-0.1, -0.05) is 49.0 Å². The first-order valence-electron chi connectivity index (χ1n) is 8.17. The van der Waals surface area contributed by atoms with E-state index in [9.17, 15) is 4.79 Å². The summed E-state index contributed by atoms with van der Waals surface area (Å²) in [6, 6.07) is 21.0. The van der Waals surface area contributed by atoms with Crippen LogP contribution in [0, 0.1) is 0 Å². The summed E-state index contributed by atoms with van der Waals surface area (Å²) in [6.45, 7) is 3.95. The number of carbonyl (C=O) groups is 1. The molecule has 26 heavy (non-hydrogen) atoms. The number of nitrogens with zero attached hydrogens (tertiary/aromatic N) is 1. The Balaban J connectivity index is 1.71. The Kier molecular flexibility index (Phi) is 5.62. The summed E-state index contributed by atoms with van der Waals surface area (Å²) in [5, 5.41) is 5.96. The van der Waals surface area contributed by atoms with Gasteiger partial charge in [0.15, 0.2) is 0 Å². The van der Waals surface area contributed by atoms with Gasteiger partial charge in [-0.3, -0.25) is 4.79 Å². The molecule has 3 aromatic rings. The van der Waals surface area contributed by atoms with E-state index in [1.165, 1.54) is 6.08 Å². The molecule has 0 saturated heterocycles. The van der Waals surface area contributed by atoms with E-state index < -0.39 is 0 Å². The largest absolute Gasteiger partial charge is 0.489 e. The molecule has 5 heteroatoms. The number of ether oxygens (including phenoxy) is 1. The number of para-hydroxylation sites is 2. The van der Waals surface area contributed by atoms with Crippen LogP contribution in [0.3, 0.4) is 0 Å². The van der Waals surface area contributed by atoms with Crippen LogP contribution in [0.1, 0.15) is 5.56 Å². The van der Waals surface area contributed by atoms with Crippen molar-refractivity contribution in [2.24, 2.45) is 0 Å². The minimum atomic E-state index is -0.271. The molecule has 0 fully saturated rings. The minimum absolute atomic E-state index is 0.271. The van der Waals surface area contributed by atoms with E-state index in [1.807, 2.05) is 54.6 Å². The fourth-order valence-corrected chi connectivity index (χ4v) is 2.33. The van der Waals surface area contributed by atoms with Crippen molar-refractivity contribution in [2.75, 3.05) is 10.6 Å². The summed E-state index contributed by atoms with van der Waals surface area (Å²) in [7, 11) is 0. The van der Waals surface area contributed by atoms with E-state index in [2.05, 4.69) is 22.2 Å². The maximum absolute atomic E-state index is 11.6. The third kappa shape index (κ3) is 4.70. The van der Waals surface area contributed by atoms with Crippen LogP contribution in [-0.4, -0.2) is 10.9 Å². The molecule has 130 valence electrons. The van der Waals surface area contributed by atoms with E-state index >= 15 is 0 Å². The zero-order valence-corrected chi connectivity index (χ0v) is 14.2. The highest BCUT2D eigenvalue weighted by Crippen LogP contribution is 2.26. The van der Waals surface area contributed by atoms with E-state index in [0.29, 0.717) is 23.9 Å². The second-order valence-corrected chi connectivity index (χ2v) is 5.52. The smallest absolute Gasteiger partial charge is 0.247 e. The molecule has 5 nitrogen and oxygen atoms in total. The Hall–Kier alpha value is -3.60. The molecule has 1 heterocycles. The lowest BCUT2D eigenvalue weighted by Gasteiger charge is -2.13. The molecular formula is C21H19N3O2. The molecule has 0 aliphatic carbocycles. The SMILES string of the molecule is C=CC(=O)Nc1ccccc1Nc1cc(OCc2ccccc2)ccn1. The highest BCUT2D eigenvalue weighted by Gasteiger charge is 2.06. The van der Waals surface area contributed by atoms with Gasteiger partial charge in [-0.05, 0) is 29.8 Å². The number of anilines is 3. The molecule has 1 amide bonds. The quantitative estimate of drug-likeness (QED) is 0.618. The van der Waals surface area contributed by atoms with Crippen molar-refractivity contribution in [3.05, 3.63) is 91.1 Å². The van der Waals surface area contributed by atoms with Gasteiger partial charge in [-0.2, -0.15) is 0 Å². The second-order valence-electron chi connectivity index (χ2n) is 5.52. The number of carbonyl (C=O) groups excluding carboxylic acids is 1. The number of rotatable bonds is 7. The Morgan fingerprint density at radius 2 is 1.77 bits per heavy atom. The summed E-state index contributed by atoms with van der Waals surface area (Å²) >= 11 is 0. The molecular weight excluding hydrogens is 326 g/mol. The highest BCUT2D eigenvalue weighted by atomic mass is 16.5. The van der Waals surface area contributed by atoms with Crippen LogP contribution in [0.15, 0.2) is 85.6 Å². The van der Waals surface area contributed by atoms with Crippen LogP contribution in [0.5, 0.6) is 5.75 Å². The van der Waals surface area contributed by atoms with Crippen molar-refractivity contribution in [3.63, 3.8) is 0 Å². The summed E-state index contributed by atoms with van der Waals surface area (Å²) in [5.74, 6) is 1.06. The molecule has 3 rings (SSSR count). The molecule has 2 N–H and O–H groups in total. The fourth-order valence-electron chi connectivity index (χ4n) is 2.33. The van der Waals surface area contributed by atoms with Crippen molar-refractivity contribution in [3.8, 4) is 5.75 Å². The monoisotopic (exact) mass is 345 g/mol. The van der Waals surface area contributed by atoms with Crippen LogP contribution >= 0.6 is 0 Å². The van der Waals surface area contributed by atoms with Crippen molar-refractivity contribution in [1.29, 1.82) is 0 Å². The normalized spacial score (nSPS) is 10.0. The van der Waals surface area contributed by atoms with E-state index in [4.69, 9.17) is 4.74 Å². The van der Waals surface area contributed by atoms with Gasteiger partial charge in [0.2, 0.25) is 5.91 Å². The van der Waals surface area contributed by atoms with Crippen molar-refractivity contribution in [1.82, 2.24) is 4.98 Å². The number of amides is 1. The first-order valence-corrected chi connectivity index (χ1v) is 8.17. The van der Waals surface area contributed by atoms with Gasteiger partial charge >= 0.3 is 0 Å². The molecule has 0 atom stereocenters. The van der Waals surface area contributed by atoms with E-state index in [-0.39, 0.29) is 5.91 Å². The zero-order valence-electron chi connectivity index (χ0n) is 14.2. The lowest BCUT2D eigenvalue weighted by atomic mass is 10.2. The van der Waals surface area contributed by atoms with Crippen LogP contribution in [0.25, 0.3) is 0 Å². The summed E-state index contributed by atoms with van der Waals surface area (Å²) in [4.78, 5) is 15.9. The molecule has 0 aliphatic rings. The standard InChI is InChI=1S/C21H19N3O2/c1-2-21(25)24-19-11-7-6-10-18(19)23-20-14-17(12-13-22-20)26-15-16-8-4-3-5-9-16/h2-14H,1,15H2,(H,22,23)(H,24,25). The summed E-state index contributed by atoms with van der Waals surface area (Å²) in [5.41, 5.74) is 2.47. The second kappa shape index (κ2) is 8.48. The molecule has 1 aromatic heterocycles. The number of pyridine rings is 1. The van der Waals surface area contributed by atoms with Gasteiger partial charge in [0, 0.05) is 12.3 Å². The molecule has 0 saturated carbocycles. The predicted octanol–water partition coefficient (Wildman–Crippen LogP) is 4.53. The first kappa shape index (κ1) is 17.2. The molecule has 0 bridgehead atoms. The third-order valence-electron chi connectivity index (χ3n) is 3.61. The average Bonchev–Trinajstić information content (AvgIpc) is 2.69. The Bertz CT molecular complexity index is 895. The van der Waals surface area contributed by atoms with Crippen molar-refractivity contribution < 1.29 is 9.53 Å². The molecule has 0 aliphatic heterocycles. The van der Waals surface area contributed by atoms with Crippen LogP contribution in [-0.2, 0) is 11.4 Å². The average molecular weight is 345 g/mol. The molecule has 0 spiro atoms. The number of hydrogen-bond acceptors (Lipinski definition) is 4. The Morgan fingerprint density at radius 3 is 2.54 bits per heavy atom. The van der Waals surface area contributed by atoms with Crippen LogP contribution < -0.4 is 15.4 Å². The third-order valence-corrected chi connectivity index (χ3v) is 3.61. The molecule has 0 unspecified atom stereocenters. The van der Waals surface area contributed by atoms with Gasteiger partial charge in [0.1, 0.15) is 18.2 Å². The number of nitrogens with one attached hydrogen (secondary N) is 2. The maximum atomic E-state index is 11.6. The topological polar surface area (TPSA) is 63.2 Å². The number of benzene rings is 2. The van der Waals surface area contributed by atoms with Crippen molar-refractivity contribution in [2.45, 2.75) is 6.61 Å². The fraction of sp³-hybridized carbons (Fsp3) is 0.0476. The first-order chi connectivity index (χ1) is 12.7. The predicted molar refractivity (Wildman–Crippen MR) is 104 cm³/mol. The van der Waals surface area contributed by atoms with Gasteiger partial charge in [0.05, 0.1) is 11.4 Å². The zero-order chi connectivity index (χ0) is 18.2. The Morgan fingerprint density at radius 1 is 1.04 bits per heavy atom. The van der Waals surface area contributed by atoms with Gasteiger partial charge in [-0.15, -0.1) is 0 Å². The van der Waals surface area contributed by atoms with E-state index in [0.717, 1.165) is 11.3 Å². The lowest BCUT2D eigenvalue weighted by molar-refractivity contribution is -0.111. The summed E-state index contributed by atoms with van der Waals surface area (Å²) < 4.78 is 5.82. The van der Waals surface area contributed by atoms with Gasteiger partial charge < -0.3 is 15.4 Å². The van der Waals surface area contributed by atoms with Crippen LogP contribution in [0.4, 0.5) is 17.2 Å². The van der Waals surface area contributed by atoms with Gasteiger partial charge in [0.25, 0.3) is 0 Å². The minimum Gasteiger partial charge on any atom is -0.489 e. The van der Waals surface area contributed by atoms with E-state index in [1.54, 1.807) is 18.3 Å². The highest BCUT2D eigenvalue weighted by molar-refractivity contribution is 6.01. The molecule has 0 radical (unpaired) electrons. The molecule has 2 aromatic carbocycles. The summed E-state index contributed by atoms with van der Waals surface area (Å²) in [6.07, 6.45) is 2.90. The van der Waals surface area contributed by atoms with Crippen LogP contribution in [0.2, 0.25) is 0 Å². The number of aromatic nitrogens is 1. The van der Waals surface area contributed by atoms with Gasteiger partial charge in [-0.25, -0.2) is 4.98 Å². The maximum Gasteiger partial charge on any atom is 0.247 e. The van der Waals surface area contributed by atoms with Crippen molar-refractivity contribution >= 4 is 23.1 Å². The lowest BCUT2D eigenvalue weighted by Crippen LogP contribution is -2.09. The number of hydrogen-bond donors (Lipinski definition) is 2. The Labute approximate surface area is 152 Å².